The zero-order valence-electron chi connectivity index (χ0n) is 21.8. The summed E-state index contributed by atoms with van der Waals surface area (Å²) in [5.41, 5.74) is 2.73. The molecule has 3 aromatic heterocycles. The first-order valence-corrected chi connectivity index (χ1v) is 15.0. The minimum Gasteiger partial charge on any atom is -0.421 e. The van der Waals surface area contributed by atoms with Crippen LogP contribution in [0.25, 0.3) is 27.6 Å². The number of fused-ring (bicyclic) bond motifs is 3. The number of pyridine rings is 2. The van der Waals surface area contributed by atoms with Crippen LogP contribution in [0.15, 0.2) is 140 Å². The summed E-state index contributed by atoms with van der Waals surface area (Å²) in [4.78, 5) is 22.1. The van der Waals surface area contributed by atoms with Gasteiger partial charge in [0, 0.05) is 44.0 Å². The third kappa shape index (κ3) is 4.80. The van der Waals surface area contributed by atoms with Crippen molar-refractivity contribution in [1.82, 2.24) is 14.5 Å². The van der Waals surface area contributed by atoms with Crippen LogP contribution in [0.3, 0.4) is 0 Å². The van der Waals surface area contributed by atoms with E-state index in [1.807, 2.05) is 121 Å². The summed E-state index contributed by atoms with van der Waals surface area (Å²) in [7, 11) is -3.37. The van der Waals surface area contributed by atoms with Gasteiger partial charge in [-0.1, -0.05) is 90.6 Å². The molecule has 0 saturated heterocycles. The fourth-order valence-electron chi connectivity index (χ4n) is 5.25. The van der Waals surface area contributed by atoms with Crippen molar-refractivity contribution >= 4 is 45.9 Å². The standard InChI is InChI=1S/C34H24N3O2Si.Pt/c38-40(26-15-6-2-7-16-26,27-17-8-3-9-18-27)33-22-12-21-31(35-33)39-32-24-23-29-28-19-10-11-20-30(28)37(34(29)36-32)25-13-4-1-5-14-25;/h1-13,15-24,38H;/q-1;. The van der Waals surface area contributed by atoms with Gasteiger partial charge in [-0.25, -0.2) is 4.98 Å². The maximum Gasteiger partial charge on any atom is 0.304 e. The molecule has 0 aliphatic rings. The third-order valence-corrected chi connectivity index (χ3v) is 10.5. The van der Waals surface area contributed by atoms with E-state index in [1.165, 1.54) is 0 Å². The number of para-hydroxylation sites is 2. The van der Waals surface area contributed by atoms with Crippen LogP contribution in [-0.4, -0.2) is 27.6 Å². The molecule has 0 bridgehead atoms. The molecular weight excluding hydrogens is 706 g/mol. The van der Waals surface area contributed by atoms with Crippen LogP contribution in [0.1, 0.15) is 0 Å². The summed E-state index contributed by atoms with van der Waals surface area (Å²) in [6.45, 7) is 0. The van der Waals surface area contributed by atoms with Crippen LogP contribution < -0.4 is 20.4 Å². The average Bonchev–Trinajstić information content (AvgIpc) is 3.35. The SMILES string of the molecule is O[Si](c1ccccc1)(c1ccccc1)c1cccc(Oc2ccc3c4ccccc4n(-c4[c-]cccc4)c3n2)n1.[Pt]. The number of hydrogen-bond donors (Lipinski definition) is 1. The molecule has 202 valence electrons. The molecule has 0 aliphatic carbocycles. The maximum absolute atomic E-state index is 12.3. The minimum absolute atomic E-state index is 0. The Morgan fingerprint density at radius 3 is 1.98 bits per heavy atom. The first-order chi connectivity index (χ1) is 19.7. The van der Waals surface area contributed by atoms with Crippen molar-refractivity contribution < 1.29 is 30.6 Å². The Labute approximate surface area is 253 Å². The van der Waals surface area contributed by atoms with Crippen molar-refractivity contribution in [1.29, 1.82) is 0 Å². The minimum atomic E-state index is -3.37. The number of rotatable bonds is 6. The van der Waals surface area contributed by atoms with Gasteiger partial charge in [-0.2, -0.15) is 29.2 Å². The molecular formula is C34H24N3O2PtSi-. The van der Waals surface area contributed by atoms with Crippen molar-refractivity contribution in [2.24, 2.45) is 0 Å². The second kappa shape index (κ2) is 11.3. The van der Waals surface area contributed by atoms with Gasteiger partial charge in [0.15, 0.2) is 0 Å². The van der Waals surface area contributed by atoms with E-state index in [-0.39, 0.29) is 21.1 Å². The largest absolute Gasteiger partial charge is 0.421 e. The Hall–Kier alpha value is -4.35. The van der Waals surface area contributed by atoms with E-state index in [1.54, 1.807) is 6.07 Å². The molecule has 0 saturated carbocycles. The molecule has 7 heteroatoms. The van der Waals surface area contributed by atoms with Gasteiger partial charge in [0.25, 0.3) is 0 Å². The van der Waals surface area contributed by atoms with Crippen LogP contribution in [0, 0.1) is 6.07 Å². The van der Waals surface area contributed by atoms with Gasteiger partial charge in [-0.15, -0.1) is 6.07 Å². The molecule has 0 aliphatic heterocycles. The number of aromatic nitrogens is 3. The van der Waals surface area contributed by atoms with Gasteiger partial charge < -0.3 is 14.1 Å². The molecule has 0 unspecified atom stereocenters. The summed E-state index contributed by atoms with van der Waals surface area (Å²) >= 11 is 0. The second-order valence-corrected chi connectivity index (χ2v) is 12.6. The van der Waals surface area contributed by atoms with E-state index in [4.69, 9.17) is 14.7 Å². The molecule has 41 heavy (non-hydrogen) atoms. The number of hydrogen-bond acceptors (Lipinski definition) is 4. The van der Waals surface area contributed by atoms with Gasteiger partial charge in [0.1, 0.15) is 5.65 Å². The molecule has 1 N–H and O–H groups in total. The maximum atomic E-state index is 12.3. The Morgan fingerprint density at radius 2 is 1.27 bits per heavy atom. The van der Waals surface area contributed by atoms with Crippen LogP contribution in [-0.2, 0) is 21.1 Å². The predicted molar refractivity (Wildman–Crippen MR) is 161 cm³/mol. The van der Waals surface area contributed by atoms with E-state index >= 15 is 0 Å². The average molecular weight is 730 g/mol. The van der Waals surface area contributed by atoms with Gasteiger partial charge in [0.05, 0.1) is 10.8 Å². The van der Waals surface area contributed by atoms with Crippen LogP contribution in [0.2, 0.25) is 0 Å². The number of nitrogens with zero attached hydrogens (tertiary/aromatic N) is 3. The van der Waals surface area contributed by atoms with E-state index < -0.39 is 8.32 Å². The predicted octanol–water partition coefficient (Wildman–Crippen LogP) is 5.12. The molecule has 0 fully saturated rings. The van der Waals surface area contributed by atoms with Crippen molar-refractivity contribution in [3.63, 3.8) is 0 Å². The van der Waals surface area contributed by atoms with Gasteiger partial charge in [-0.05, 0) is 28.6 Å². The zero-order chi connectivity index (χ0) is 26.9. The molecule has 4 aromatic carbocycles. The fraction of sp³-hybridized carbons (Fsp3) is 0. The topological polar surface area (TPSA) is 60.2 Å². The number of benzene rings is 4. The molecule has 7 rings (SSSR count). The Balaban J connectivity index is 0.00000302. The Bertz CT molecular complexity index is 1910. The summed E-state index contributed by atoms with van der Waals surface area (Å²) in [6.07, 6.45) is 0. The van der Waals surface area contributed by atoms with Crippen molar-refractivity contribution in [2.75, 3.05) is 0 Å². The normalized spacial score (nSPS) is 11.3. The monoisotopic (exact) mass is 729 g/mol. The number of ether oxygens (including phenoxy) is 1. The van der Waals surface area contributed by atoms with E-state index in [0.29, 0.717) is 17.1 Å². The van der Waals surface area contributed by atoms with Crippen LogP contribution in [0.4, 0.5) is 0 Å². The smallest absolute Gasteiger partial charge is 0.304 e. The van der Waals surface area contributed by atoms with Crippen molar-refractivity contribution in [3.8, 4) is 17.4 Å². The Morgan fingerprint density at radius 1 is 0.610 bits per heavy atom. The van der Waals surface area contributed by atoms with E-state index in [9.17, 15) is 4.80 Å². The van der Waals surface area contributed by atoms with Gasteiger partial charge in [-0.3, -0.25) is 0 Å². The summed E-state index contributed by atoms with van der Waals surface area (Å²) in [6, 6.07) is 48.4. The third-order valence-electron chi connectivity index (χ3n) is 7.12. The summed E-state index contributed by atoms with van der Waals surface area (Å²) in [5.74, 6) is 0.790. The van der Waals surface area contributed by atoms with Crippen molar-refractivity contribution in [2.45, 2.75) is 0 Å². The molecule has 0 spiro atoms. The second-order valence-electron chi connectivity index (χ2n) is 9.53. The first kappa shape index (κ1) is 26.8. The van der Waals surface area contributed by atoms with E-state index in [2.05, 4.69) is 22.8 Å². The molecule has 0 amide bonds. The van der Waals surface area contributed by atoms with Gasteiger partial charge >= 0.3 is 8.32 Å². The molecule has 0 radical (unpaired) electrons. The fourth-order valence-corrected chi connectivity index (χ4v) is 8.13. The quantitative estimate of drug-likeness (QED) is 0.191. The first-order valence-electron chi connectivity index (χ1n) is 13.1. The molecule has 3 heterocycles. The van der Waals surface area contributed by atoms with Crippen molar-refractivity contribution in [3.05, 3.63) is 146 Å². The zero-order valence-corrected chi connectivity index (χ0v) is 25.1. The molecule has 0 atom stereocenters. The summed E-state index contributed by atoms with van der Waals surface area (Å²) < 4.78 is 8.34. The van der Waals surface area contributed by atoms with Crippen LogP contribution in [0.5, 0.6) is 11.8 Å². The molecule has 7 aromatic rings. The van der Waals surface area contributed by atoms with Gasteiger partial charge in [0.2, 0.25) is 11.8 Å². The summed E-state index contributed by atoms with van der Waals surface area (Å²) in [5, 5.41) is 4.44. The van der Waals surface area contributed by atoms with E-state index in [0.717, 1.165) is 38.0 Å². The Kier molecular flexibility index (Phi) is 7.37. The molecule has 5 nitrogen and oxygen atoms in total. The van der Waals surface area contributed by atoms with Crippen LogP contribution >= 0.6 is 0 Å².